The van der Waals surface area contributed by atoms with Crippen LogP contribution in [-0.4, -0.2) is 18.9 Å². The minimum absolute atomic E-state index is 0.112. The van der Waals surface area contributed by atoms with Crippen molar-refractivity contribution in [3.63, 3.8) is 0 Å². The van der Waals surface area contributed by atoms with Crippen LogP contribution in [0.3, 0.4) is 0 Å². The van der Waals surface area contributed by atoms with Crippen LogP contribution in [0, 0.1) is 11.3 Å². The van der Waals surface area contributed by atoms with Crippen molar-refractivity contribution < 1.29 is 14.3 Å². The Morgan fingerprint density at radius 1 is 1.55 bits per heavy atom. The fourth-order valence-corrected chi connectivity index (χ4v) is 5.19. The van der Waals surface area contributed by atoms with Gasteiger partial charge in [0.1, 0.15) is 5.92 Å². The van der Waals surface area contributed by atoms with Gasteiger partial charge in [0.05, 0.1) is 10.9 Å². The summed E-state index contributed by atoms with van der Waals surface area (Å²) in [4.78, 5) is 25.6. The number of aryl methyl sites for hydroxylation is 1. The predicted octanol–water partition coefficient (Wildman–Crippen LogP) is 3.47. The molecule has 0 fully saturated rings. The van der Waals surface area contributed by atoms with Crippen LogP contribution < -0.4 is 0 Å². The number of carbonyl (C=O) groups excluding carboxylic acids is 2. The summed E-state index contributed by atoms with van der Waals surface area (Å²) < 4.78 is 5.93. The average Bonchev–Trinajstić information content (AvgIpc) is 2.79. The third-order valence-electron chi connectivity index (χ3n) is 4.47. The first-order valence-corrected chi connectivity index (χ1v) is 8.16. The molecule has 2 aliphatic carbocycles. The normalized spacial score (nSPS) is 31.6. The molecule has 3 atom stereocenters. The van der Waals surface area contributed by atoms with Gasteiger partial charge in [0.2, 0.25) is 0 Å². The molecule has 1 aromatic rings. The molecule has 106 valence electrons. The molecule has 0 N–H and O–H groups in total. The summed E-state index contributed by atoms with van der Waals surface area (Å²) in [5, 5.41) is 0. The number of methoxy groups -OCH3 is 1. The third kappa shape index (κ3) is 1.99. The lowest BCUT2D eigenvalue weighted by Crippen LogP contribution is -2.43. The summed E-state index contributed by atoms with van der Waals surface area (Å²) in [6.45, 7) is 2.13. The van der Waals surface area contributed by atoms with Gasteiger partial charge in [-0.15, -0.1) is 11.3 Å². The average molecular weight is 355 g/mol. The van der Waals surface area contributed by atoms with Gasteiger partial charge in [-0.2, -0.15) is 0 Å². The number of esters is 1. The maximum atomic E-state index is 12.2. The second-order valence-electron chi connectivity index (χ2n) is 5.65. The summed E-state index contributed by atoms with van der Waals surface area (Å²) in [7, 11) is 1.35. The number of hydrogen-bond acceptors (Lipinski definition) is 4. The third-order valence-corrected chi connectivity index (χ3v) is 6.18. The minimum atomic E-state index is -0.712. The summed E-state index contributed by atoms with van der Waals surface area (Å²) in [5.74, 6) is -1.39. The van der Waals surface area contributed by atoms with Gasteiger partial charge >= 0.3 is 5.97 Å². The van der Waals surface area contributed by atoms with Crippen LogP contribution in [0.25, 0.3) is 0 Å². The fraction of sp³-hybridized carbons (Fsp3) is 0.467. The van der Waals surface area contributed by atoms with Crippen molar-refractivity contribution >= 4 is 39.0 Å². The first-order valence-electron chi connectivity index (χ1n) is 6.55. The number of thiophene rings is 1. The Balaban J connectivity index is 2.16. The van der Waals surface area contributed by atoms with E-state index in [0.717, 1.165) is 22.2 Å². The second-order valence-corrected chi connectivity index (χ2v) is 8.17. The molecule has 0 aliphatic heterocycles. The van der Waals surface area contributed by atoms with E-state index in [1.165, 1.54) is 12.0 Å². The Labute approximate surface area is 130 Å². The van der Waals surface area contributed by atoms with E-state index in [1.807, 2.05) is 6.08 Å². The van der Waals surface area contributed by atoms with Gasteiger partial charge in [-0.1, -0.05) is 13.0 Å². The monoisotopic (exact) mass is 354 g/mol. The second kappa shape index (κ2) is 4.81. The van der Waals surface area contributed by atoms with Crippen LogP contribution in [0.4, 0.5) is 0 Å². The van der Waals surface area contributed by atoms with Crippen LogP contribution in [0.5, 0.6) is 0 Å². The van der Waals surface area contributed by atoms with E-state index in [-0.39, 0.29) is 17.1 Å². The van der Waals surface area contributed by atoms with Gasteiger partial charge < -0.3 is 4.74 Å². The molecule has 3 rings (SSSR count). The quantitative estimate of drug-likeness (QED) is 0.572. The van der Waals surface area contributed by atoms with Crippen LogP contribution in [0.2, 0.25) is 0 Å². The zero-order valence-corrected chi connectivity index (χ0v) is 13.7. The maximum absolute atomic E-state index is 12.2. The summed E-state index contributed by atoms with van der Waals surface area (Å²) in [6.07, 6.45) is 5.48. The number of fused-ring (bicyclic) bond motifs is 3. The van der Waals surface area contributed by atoms with E-state index in [9.17, 15) is 9.59 Å². The number of ketones is 1. The van der Waals surface area contributed by atoms with Crippen molar-refractivity contribution in [2.45, 2.75) is 25.7 Å². The van der Waals surface area contributed by atoms with Crippen LogP contribution in [-0.2, 0) is 20.7 Å². The Bertz CT molecular complexity index is 619. The largest absolute Gasteiger partial charge is 0.468 e. The highest BCUT2D eigenvalue weighted by atomic mass is 79.9. The number of hydrogen-bond donors (Lipinski definition) is 0. The van der Waals surface area contributed by atoms with Crippen LogP contribution >= 0.6 is 27.3 Å². The van der Waals surface area contributed by atoms with Crippen molar-refractivity contribution in [3.8, 4) is 0 Å². The smallest absolute Gasteiger partial charge is 0.317 e. The van der Waals surface area contributed by atoms with Gasteiger partial charge in [-0.05, 0) is 51.9 Å². The number of halogens is 1. The maximum Gasteiger partial charge on any atom is 0.317 e. The van der Waals surface area contributed by atoms with Crippen molar-refractivity contribution in [1.29, 1.82) is 0 Å². The van der Waals surface area contributed by atoms with Crippen LogP contribution in [0.1, 0.15) is 29.7 Å². The number of allylic oxidation sites excluding steroid dienone is 2. The molecule has 0 radical (unpaired) electrons. The molecule has 20 heavy (non-hydrogen) atoms. The predicted molar refractivity (Wildman–Crippen MR) is 80.8 cm³/mol. The lowest BCUT2D eigenvalue weighted by molar-refractivity contribution is -0.151. The molecule has 1 heterocycles. The van der Waals surface area contributed by atoms with Gasteiger partial charge in [0, 0.05) is 10.8 Å². The molecule has 0 bridgehead atoms. The van der Waals surface area contributed by atoms with Crippen molar-refractivity contribution in [2.75, 3.05) is 7.11 Å². The Kier molecular flexibility index (Phi) is 3.37. The first-order chi connectivity index (χ1) is 9.46. The molecule has 2 aliphatic rings. The molecular formula is C15H15BrO3S. The Hall–Kier alpha value is -0.940. The molecule has 5 heteroatoms. The zero-order chi connectivity index (χ0) is 14.5. The first kappa shape index (κ1) is 14.0. The highest BCUT2D eigenvalue weighted by Crippen LogP contribution is 2.55. The van der Waals surface area contributed by atoms with E-state index in [4.69, 9.17) is 4.74 Å². The summed E-state index contributed by atoms with van der Waals surface area (Å²) >= 11 is 5.21. The van der Waals surface area contributed by atoms with Crippen molar-refractivity contribution in [3.05, 3.63) is 32.4 Å². The van der Waals surface area contributed by atoms with E-state index in [0.29, 0.717) is 0 Å². The standard InChI is InChI=1S/C15H15BrO3S/c1-15-5-3-9(17)12(14(18)19-2)13(15)8-7-11(16)20-10(8)4-6-15/h3,5,7,12-13H,4,6H2,1-2H3/t12?,13-,15-/m1/s1. The molecule has 1 unspecified atom stereocenters. The van der Waals surface area contributed by atoms with E-state index in [2.05, 4.69) is 28.9 Å². The van der Waals surface area contributed by atoms with E-state index in [1.54, 1.807) is 17.4 Å². The minimum Gasteiger partial charge on any atom is -0.468 e. The van der Waals surface area contributed by atoms with E-state index < -0.39 is 11.9 Å². The summed E-state index contributed by atoms with van der Waals surface area (Å²) in [5.41, 5.74) is 0.976. The van der Waals surface area contributed by atoms with Crippen molar-refractivity contribution in [2.24, 2.45) is 11.3 Å². The van der Waals surface area contributed by atoms with Gasteiger partial charge in [-0.25, -0.2) is 0 Å². The Morgan fingerprint density at radius 2 is 2.30 bits per heavy atom. The highest BCUT2D eigenvalue weighted by molar-refractivity contribution is 9.11. The number of rotatable bonds is 1. The molecule has 0 spiro atoms. The molecular weight excluding hydrogens is 340 g/mol. The lowest BCUT2D eigenvalue weighted by Gasteiger charge is -2.44. The molecule has 0 aromatic carbocycles. The number of carbonyl (C=O) groups is 2. The zero-order valence-electron chi connectivity index (χ0n) is 11.3. The van der Waals surface area contributed by atoms with Crippen molar-refractivity contribution in [1.82, 2.24) is 0 Å². The van der Waals surface area contributed by atoms with Crippen LogP contribution in [0.15, 0.2) is 22.0 Å². The van der Waals surface area contributed by atoms with E-state index >= 15 is 0 Å². The molecule has 0 saturated carbocycles. The molecule has 3 nitrogen and oxygen atoms in total. The lowest BCUT2D eigenvalue weighted by atomic mass is 9.59. The van der Waals surface area contributed by atoms with Gasteiger partial charge in [0.25, 0.3) is 0 Å². The Morgan fingerprint density at radius 3 is 3.00 bits per heavy atom. The molecule has 0 saturated heterocycles. The number of ether oxygens (including phenoxy) is 1. The fourth-order valence-electron chi connectivity index (χ4n) is 3.43. The highest BCUT2D eigenvalue weighted by Gasteiger charge is 2.50. The van der Waals surface area contributed by atoms with Gasteiger partial charge in [-0.3, -0.25) is 9.59 Å². The molecule has 1 aromatic heterocycles. The summed E-state index contributed by atoms with van der Waals surface area (Å²) in [6, 6.07) is 2.06. The topological polar surface area (TPSA) is 43.4 Å². The SMILES string of the molecule is COC(=O)C1C(=O)C=C[C@]2(C)CCc3sc(Br)cc3[C@H]12. The molecule has 0 amide bonds. The van der Waals surface area contributed by atoms with Gasteiger partial charge in [0.15, 0.2) is 5.78 Å².